The first-order valence-electron chi connectivity index (χ1n) is 11.5. The Morgan fingerprint density at radius 3 is 2.59 bits per heavy atom. The number of benzene rings is 2. The van der Waals surface area contributed by atoms with Gasteiger partial charge in [0, 0.05) is 28.7 Å². The molecule has 2 heterocycles. The van der Waals surface area contributed by atoms with Crippen molar-refractivity contribution in [1.29, 1.82) is 0 Å². The van der Waals surface area contributed by atoms with Crippen LogP contribution in [0.1, 0.15) is 48.6 Å². The Hall–Kier alpha value is -2.98. The highest BCUT2D eigenvalue weighted by Gasteiger charge is 2.18. The fourth-order valence-corrected chi connectivity index (χ4v) is 5.01. The summed E-state index contributed by atoms with van der Waals surface area (Å²) in [7, 11) is 0. The van der Waals surface area contributed by atoms with Crippen LogP contribution in [0.5, 0.6) is 0 Å². The van der Waals surface area contributed by atoms with Gasteiger partial charge < -0.3 is 5.32 Å². The molecule has 4 heteroatoms. The van der Waals surface area contributed by atoms with Crippen LogP contribution >= 0.6 is 11.3 Å². The van der Waals surface area contributed by atoms with Crippen LogP contribution in [0.4, 0.5) is 5.82 Å². The van der Waals surface area contributed by atoms with Crippen molar-refractivity contribution in [1.82, 2.24) is 9.97 Å². The molecule has 32 heavy (non-hydrogen) atoms. The maximum absolute atomic E-state index is 5.10. The number of pyridine rings is 1. The SMILES string of the molecule is CCC(C)c1sc(-c2ccnc(NCCCc3ccccc3)c2)nc1-c1cccc(C)c1. The summed E-state index contributed by atoms with van der Waals surface area (Å²) in [6, 6.07) is 23.5. The molecule has 2 aromatic carbocycles. The Morgan fingerprint density at radius 2 is 1.81 bits per heavy atom. The number of aromatic nitrogens is 2. The van der Waals surface area contributed by atoms with E-state index in [1.54, 1.807) is 0 Å². The van der Waals surface area contributed by atoms with Crippen LogP contribution in [-0.4, -0.2) is 16.5 Å². The van der Waals surface area contributed by atoms with Gasteiger partial charge in [-0.25, -0.2) is 9.97 Å². The molecule has 4 aromatic rings. The number of hydrogen-bond donors (Lipinski definition) is 1. The molecule has 0 saturated carbocycles. The Bertz CT molecular complexity index is 1150. The van der Waals surface area contributed by atoms with E-state index in [-0.39, 0.29) is 0 Å². The third-order valence-electron chi connectivity index (χ3n) is 5.80. The summed E-state index contributed by atoms with van der Waals surface area (Å²) >= 11 is 1.81. The van der Waals surface area contributed by atoms with E-state index >= 15 is 0 Å². The first-order chi connectivity index (χ1) is 15.6. The second-order valence-electron chi connectivity index (χ2n) is 8.36. The number of thiazole rings is 1. The van der Waals surface area contributed by atoms with Gasteiger partial charge in [0.1, 0.15) is 10.8 Å². The number of nitrogens with zero attached hydrogens (tertiary/aromatic N) is 2. The summed E-state index contributed by atoms with van der Waals surface area (Å²) in [6.07, 6.45) is 5.12. The average molecular weight is 442 g/mol. The molecule has 3 nitrogen and oxygen atoms in total. The van der Waals surface area contributed by atoms with Crippen LogP contribution in [0.3, 0.4) is 0 Å². The van der Waals surface area contributed by atoms with Crippen LogP contribution in [0.15, 0.2) is 72.9 Å². The van der Waals surface area contributed by atoms with Crippen LogP contribution < -0.4 is 5.32 Å². The van der Waals surface area contributed by atoms with Crippen molar-refractivity contribution < 1.29 is 0 Å². The Kier molecular flexibility index (Phi) is 7.33. The maximum atomic E-state index is 5.10. The molecular weight excluding hydrogens is 410 g/mol. The van der Waals surface area contributed by atoms with E-state index in [0.717, 1.165) is 47.9 Å². The predicted octanol–water partition coefficient (Wildman–Crippen LogP) is 7.74. The third-order valence-corrected chi connectivity index (χ3v) is 7.14. The van der Waals surface area contributed by atoms with Crippen molar-refractivity contribution in [3.8, 4) is 21.8 Å². The number of nitrogens with one attached hydrogen (secondary N) is 1. The minimum atomic E-state index is 0.481. The van der Waals surface area contributed by atoms with Gasteiger partial charge in [0.2, 0.25) is 0 Å². The molecule has 0 spiro atoms. The highest BCUT2D eigenvalue weighted by Crippen LogP contribution is 2.39. The highest BCUT2D eigenvalue weighted by atomic mass is 32.1. The van der Waals surface area contributed by atoms with Crippen LogP contribution in [-0.2, 0) is 6.42 Å². The van der Waals surface area contributed by atoms with Crippen LogP contribution in [0.25, 0.3) is 21.8 Å². The monoisotopic (exact) mass is 441 g/mol. The summed E-state index contributed by atoms with van der Waals surface area (Å²) in [5.41, 5.74) is 6.09. The standard InChI is InChI=1S/C28H31N3S/c1-4-21(3)27-26(23-14-8-10-20(2)18-23)31-28(32-27)24-15-17-30-25(19-24)29-16-9-13-22-11-6-5-7-12-22/h5-8,10-12,14-15,17-19,21H,4,9,13,16H2,1-3H3,(H,29,30). The molecule has 0 aliphatic carbocycles. The minimum absolute atomic E-state index is 0.481. The lowest BCUT2D eigenvalue weighted by atomic mass is 10.0. The van der Waals surface area contributed by atoms with Crippen molar-refractivity contribution in [2.24, 2.45) is 0 Å². The zero-order chi connectivity index (χ0) is 22.3. The molecule has 1 N–H and O–H groups in total. The summed E-state index contributed by atoms with van der Waals surface area (Å²) in [6.45, 7) is 7.57. The fraction of sp³-hybridized carbons (Fsp3) is 0.286. The van der Waals surface area contributed by atoms with Crippen molar-refractivity contribution in [3.05, 3.63) is 88.9 Å². The van der Waals surface area contributed by atoms with E-state index in [1.807, 2.05) is 17.5 Å². The second kappa shape index (κ2) is 10.6. The average Bonchev–Trinajstić information content (AvgIpc) is 3.28. The van der Waals surface area contributed by atoms with Gasteiger partial charge in [-0.1, -0.05) is 67.9 Å². The van der Waals surface area contributed by atoms with E-state index in [1.165, 1.54) is 21.6 Å². The predicted molar refractivity (Wildman–Crippen MR) is 137 cm³/mol. The molecule has 164 valence electrons. The van der Waals surface area contributed by atoms with E-state index in [0.29, 0.717) is 5.92 Å². The van der Waals surface area contributed by atoms with Crippen molar-refractivity contribution in [3.63, 3.8) is 0 Å². The molecular formula is C28H31N3S. The smallest absolute Gasteiger partial charge is 0.126 e. The molecule has 0 bridgehead atoms. The van der Waals surface area contributed by atoms with Gasteiger partial charge in [-0.15, -0.1) is 11.3 Å². The molecule has 4 rings (SSSR count). The maximum Gasteiger partial charge on any atom is 0.126 e. The summed E-state index contributed by atoms with van der Waals surface area (Å²) < 4.78 is 0. The summed E-state index contributed by atoms with van der Waals surface area (Å²) in [4.78, 5) is 11.0. The lowest BCUT2D eigenvalue weighted by Gasteiger charge is -2.08. The molecule has 1 unspecified atom stereocenters. The van der Waals surface area contributed by atoms with E-state index < -0.39 is 0 Å². The molecule has 1 atom stereocenters. The topological polar surface area (TPSA) is 37.8 Å². The molecule has 2 aromatic heterocycles. The van der Waals surface area contributed by atoms with Gasteiger partial charge in [-0.2, -0.15) is 0 Å². The zero-order valence-electron chi connectivity index (χ0n) is 19.1. The third kappa shape index (κ3) is 5.43. The molecule has 0 aliphatic heterocycles. The molecule has 0 aliphatic rings. The Morgan fingerprint density at radius 1 is 0.969 bits per heavy atom. The Labute approximate surface area is 195 Å². The first-order valence-corrected chi connectivity index (χ1v) is 12.3. The number of anilines is 1. The number of hydrogen-bond acceptors (Lipinski definition) is 4. The summed E-state index contributed by atoms with van der Waals surface area (Å²) in [5, 5.41) is 4.55. The number of aryl methyl sites for hydroxylation is 2. The van der Waals surface area contributed by atoms with Crippen molar-refractivity contribution >= 4 is 17.2 Å². The minimum Gasteiger partial charge on any atom is -0.370 e. The van der Waals surface area contributed by atoms with Crippen LogP contribution in [0, 0.1) is 6.92 Å². The fourth-order valence-electron chi connectivity index (χ4n) is 3.79. The molecule has 0 saturated heterocycles. The van der Waals surface area contributed by atoms with Crippen molar-refractivity contribution in [2.75, 3.05) is 11.9 Å². The van der Waals surface area contributed by atoms with Crippen LogP contribution in [0.2, 0.25) is 0 Å². The summed E-state index contributed by atoms with van der Waals surface area (Å²) in [5.74, 6) is 1.39. The quantitative estimate of drug-likeness (QED) is 0.270. The van der Waals surface area contributed by atoms with Gasteiger partial charge in [-0.3, -0.25) is 0 Å². The molecule has 0 radical (unpaired) electrons. The normalized spacial score (nSPS) is 12.0. The van der Waals surface area contributed by atoms with E-state index in [2.05, 4.69) is 97.8 Å². The van der Waals surface area contributed by atoms with Crippen molar-refractivity contribution in [2.45, 2.75) is 46.0 Å². The molecule has 0 amide bonds. The van der Waals surface area contributed by atoms with Gasteiger partial charge >= 0.3 is 0 Å². The zero-order valence-corrected chi connectivity index (χ0v) is 20.0. The van der Waals surface area contributed by atoms with E-state index in [9.17, 15) is 0 Å². The van der Waals surface area contributed by atoms with E-state index in [4.69, 9.17) is 4.98 Å². The highest BCUT2D eigenvalue weighted by molar-refractivity contribution is 7.15. The Balaban J connectivity index is 1.52. The van der Waals surface area contributed by atoms with Gasteiger partial charge in [0.05, 0.1) is 5.69 Å². The van der Waals surface area contributed by atoms with Gasteiger partial charge in [0.15, 0.2) is 0 Å². The number of rotatable bonds is 9. The van der Waals surface area contributed by atoms with Gasteiger partial charge in [-0.05, 0) is 55.9 Å². The first kappa shape index (κ1) is 22.2. The lowest BCUT2D eigenvalue weighted by Crippen LogP contribution is -2.04. The lowest BCUT2D eigenvalue weighted by molar-refractivity contribution is 0.748. The molecule has 0 fully saturated rings. The largest absolute Gasteiger partial charge is 0.370 e. The van der Waals surface area contributed by atoms with Gasteiger partial charge in [0.25, 0.3) is 0 Å². The second-order valence-corrected chi connectivity index (χ2v) is 9.39.